The molecule has 2 aliphatic rings. The fraction of sp³-hybridized carbons (Fsp3) is 0.476. The molecule has 0 unspecified atom stereocenters. The zero-order chi connectivity index (χ0) is 19.8. The van der Waals surface area contributed by atoms with Crippen molar-refractivity contribution in [1.82, 2.24) is 10.1 Å². The lowest BCUT2D eigenvalue weighted by Gasteiger charge is -2.42. The van der Waals surface area contributed by atoms with Gasteiger partial charge in [-0.3, -0.25) is 9.63 Å². The normalized spacial score (nSPS) is 19.8. The molecule has 1 fully saturated rings. The summed E-state index contributed by atoms with van der Waals surface area (Å²) in [5.74, 6) is 2.13. The van der Waals surface area contributed by atoms with Crippen LogP contribution in [0.2, 0.25) is 0 Å². The molecule has 1 spiro atoms. The number of rotatable bonds is 4. The summed E-state index contributed by atoms with van der Waals surface area (Å²) in [5.41, 5.74) is 3.18. The maximum absolute atomic E-state index is 13.3. The van der Waals surface area contributed by atoms with E-state index in [9.17, 15) is 9.90 Å². The maximum atomic E-state index is 13.3. The van der Waals surface area contributed by atoms with E-state index in [4.69, 9.17) is 16.1 Å². The number of aliphatic hydroxyl groups excluding tert-OH is 1. The van der Waals surface area contributed by atoms with Gasteiger partial charge in [-0.15, -0.1) is 6.42 Å². The average molecular weight is 370 g/mol. The summed E-state index contributed by atoms with van der Waals surface area (Å²) >= 11 is 0. The Bertz CT molecular complexity index is 806. The third-order valence-electron chi connectivity index (χ3n) is 5.48. The molecule has 0 atom stereocenters. The third-order valence-corrected chi connectivity index (χ3v) is 5.48. The Labute approximate surface area is 160 Å². The molecule has 0 bridgehead atoms. The summed E-state index contributed by atoms with van der Waals surface area (Å²) in [6.07, 6.45) is 6.33. The van der Waals surface area contributed by atoms with Crippen molar-refractivity contribution in [2.75, 3.05) is 26.8 Å². The standard InChI is InChI=1S/C21H26N2O4/c1-6-11-27-23-20(25)18(17-15(3)12-14(2)13-16(17)4)19(24)21(23)7-9-22(26-5)10-8-21/h1,12-13,24H,7-11H2,2-5H3. The van der Waals surface area contributed by atoms with Gasteiger partial charge in [0.1, 0.15) is 17.9 Å². The SMILES string of the molecule is C#CCON1C(=O)C(c2c(C)cc(C)cc2C)=C(O)C12CCN(OC)CC2. The number of carbonyl (C=O) groups excluding carboxylic acids is 1. The molecule has 1 N–H and O–H groups in total. The van der Waals surface area contributed by atoms with Gasteiger partial charge in [0.25, 0.3) is 5.91 Å². The molecule has 6 heteroatoms. The zero-order valence-corrected chi connectivity index (χ0v) is 16.3. The van der Waals surface area contributed by atoms with Gasteiger partial charge in [-0.25, -0.2) is 5.06 Å². The molecule has 0 saturated carbocycles. The van der Waals surface area contributed by atoms with Crippen LogP contribution in [0.25, 0.3) is 5.57 Å². The second-order valence-corrected chi connectivity index (χ2v) is 7.22. The Hall–Kier alpha value is -2.33. The highest BCUT2D eigenvalue weighted by molar-refractivity contribution is 6.23. The molecule has 6 nitrogen and oxygen atoms in total. The van der Waals surface area contributed by atoms with Crippen LogP contribution >= 0.6 is 0 Å². The van der Waals surface area contributed by atoms with E-state index in [1.165, 1.54) is 5.06 Å². The fourth-order valence-corrected chi connectivity index (χ4v) is 4.29. The molecule has 0 aliphatic carbocycles. The van der Waals surface area contributed by atoms with E-state index in [-0.39, 0.29) is 18.3 Å². The Morgan fingerprint density at radius 1 is 1.22 bits per heavy atom. The van der Waals surface area contributed by atoms with Gasteiger partial charge < -0.3 is 9.94 Å². The van der Waals surface area contributed by atoms with Crippen molar-refractivity contribution in [3.63, 3.8) is 0 Å². The number of amides is 1. The lowest BCUT2D eigenvalue weighted by molar-refractivity contribution is -0.227. The number of hydrogen-bond donors (Lipinski definition) is 1. The number of hydrogen-bond acceptors (Lipinski definition) is 5. The van der Waals surface area contributed by atoms with Crippen LogP contribution in [0.4, 0.5) is 0 Å². The highest BCUT2D eigenvalue weighted by atomic mass is 16.7. The minimum Gasteiger partial charge on any atom is -0.509 e. The summed E-state index contributed by atoms with van der Waals surface area (Å²) in [7, 11) is 1.62. The minimum atomic E-state index is -0.915. The van der Waals surface area contributed by atoms with E-state index in [1.807, 2.05) is 38.0 Å². The Kier molecular flexibility index (Phi) is 5.29. The lowest BCUT2D eigenvalue weighted by atomic mass is 9.85. The molecule has 0 radical (unpaired) electrons. The van der Waals surface area contributed by atoms with Crippen molar-refractivity contribution < 1.29 is 19.6 Å². The summed E-state index contributed by atoms with van der Waals surface area (Å²) in [5, 5.41) is 14.4. The number of aliphatic hydroxyl groups is 1. The number of piperidine rings is 1. The first-order chi connectivity index (χ1) is 12.9. The van der Waals surface area contributed by atoms with Crippen LogP contribution in [0.5, 0.6) is 0 Å². The highest BCUT2D eigenvalue weighted by Crippen LogP contribution is 2.46. The Morgan fingerprint density at radius 3 is 2.33 bits per heavy atom. The van der Waals surface area contributed by atoms with E-state index >= 15 is 0 Å². The van der Waals surface area contributed by atoms with Gasteiger partial charge in [-0.05, 0) is 50.3 Å². The van der Waals surface area contributed by atoms with Crippen LogP contribution < -0.4 is 0 Å². The van der Waals surface area contributed by atoms with Gasteiger partial charge in [0.15, 0.2) is 0 Å². The molecule has 1 saturated heterocycles. The molecule has 1 aromatic carbocycles. The summed E-state index contributed by atoms with van der Waals surface area (Å²) in [6, 6.07) is 4.03. The number of hydroxylamine groups is 4. The van der Waals surface area contributed by atoms with E-state index in [2.05, 4.69) is 5.92 Å². The van der Waals surface area contributed by atoms with E-state index in [0.29, 0.717) is 31.5 Å². The van der Waals surface area contributed by atoms with Crippen LogP contribution in [-0.2, 0) is 14.5 Å². The predicted molar refractivity (Wildman–Crippen MR) is 102 cm³/mol. The maximum Gasteiger partial charge on any atom is 0.282 e. The number of aryl methyl sites for hydroxylation is 3. The van der Waals surface area contributed by atoms with Crippen molar-refractivity contribution in [2.45, 2.75) is 39.2 Å². The van der Waals surface area contributed by atoms with Crippen molar-refractivity contribution in [2.24, 2.45) is 0 Å². The summed E-state index contributed by atoms with van der Waals surface area (Å²) in [6.45, 7) is 7.03. The molecule has 2 heterocycles. The third kappa shape index (κ3) is 3.12. The van der Waals surface area contributed by atoms with E-state index < -0.39 is 5.54 Å². The second-order valence-electron chi connectivity index (χ2n) is 7.22. The van der Waals surface area contributed by atoms with Crippen LogP contribution in [0.1, 0.15) is 35.1 Å². The molecular weight excluding hydrogens is 344 g/mol. The van der Waals surface area contributed by atoms with Crippen LogP contribution in [0.3, 0.4) is 0 Å². The van der Waals surface area contributed by atoms with Crippen molar-refractivity contribution in [1.29, 1.82) is 0 Å². The van der Waals surface area contributed by atoms with Crippen molar-refractivity contribution in [3.8, 4) is 12.3 Å². The van der Waals surface area contributed by atoms with Gasteiger partial charge in [-0.1, -0.05) is 23.6 Å². The van der Waals surface area contributed by atoms with Gasteiger partial charge >= 0.3 is 0 Å². The molecular formula is C21H26N2O4. The second kappa shape index (κ2) is 7.35. The van der Waals surface area contributed by atoms with Crippen molar-refractivity contribution >= 4 is 11.5 Å². The molecule has 1 aromatic rings. The van der Waals surface area contributed by atoms with Gasteiger partial charge in [0, 0.05) is 13.1 Å². The Morgan fingerprint density at radius 2 is 1.81 bits per heavy atom. The first-order valence-corrected chi connectivity index (χ1v) is 9.07. The van der Waals surface area contributed by atoms with Crippen LogP contribution in [0, 0.1) is 33.1 Å². The molecule has 2 aliphatic heterocycles. The van der Waals surface area contributed by atoms with Gasteiger partial charge in [0.05, 0.1) is 12.7 Å². The quantitative estimate of drug-likeness (QED) is 0.826. The number of nitrogens with zero attached hydrogens (tertiary/aromatic N) is 2. The molecule has 1 amide bonds. The van der Waals surface area contributed by atoms with Crippen LogP contribution in [-0.4, -0.2) is 53.5 Å². The zero-order valence-electron chi connectivity index (χ0n) is 16.3. The number of terminal acetylenes is 1. The predicted octanol–water partition coefficient (Wildman–Crippen LogP) is 2.68. The molecule has 3 rings (SSSR count). The first kappa shape index (κ1) is 19.4. The fourth-order valence-electron chi connectivity index (χ4n) is 4.29. The van der Waals surface area contributed by atoms with Crippen LogP contribution in [0.15, 0.2) is 17.9 Å². The first-order valence-electron chi connectivity index (χ1n) is 9.07. The number of carbonyl (C=O) groups is 1. The largest absolute Gasteiger partial charge is 0.509 e. The topological polar surface area (TPSA) is 62.2 Å². The number of benzene rings is 1. The molecule has 0 aromatic heterocycles. The smallest absolute Gasteiger partial charge is 0.282 e. The van der Waals surface area contributed by atoms with Gasteiger partial charge in [0.2, 0.25) is 0 Å². The highest BCUT2D eigenvalue weighted by Gasteiger charge is 2.55. The Balaban J connectivity index is 2.11. The van der Waals surface area contributed by atoms with Gasteiger partial charge in [-0.2, -0.15) is 5.06 Å². The van der Waals surface area contributed by atoms with E-state index in [1.54, 1.807) is 7.11 Å². The minimum absolute atomic E-state index is 0.0338. The lowest BCUT2D eigenvalue weighted by Crippen LogP contribution is -2.54. The summed E-state index contributed by atoms with van der Waals surface area (Å²) in [4.78, 5) is 24.2. The van der Waals surface area contributed by atoms with Crippen molar-refractivity contribution in [3.05, 3.63) is 40.1 Å². The average Bonchev–Trinajstić information content (AvgIpc) is 2.82. The molecule has 144 valence electrons. The van der Waals surface area contributed by atoms with E-state index in [0.717, 1.165) is 22.3 Å². The summed E-state index contributed by atoms with van der Waals surface area (Å²) < 4.78 is 0. The monoisotopic (exact) mass is 370 g/mol. The molecule has 27 heavy (non-hydrogen) atoms.